The normalized spacial score (nSPS) is 11.7. The molecule has 0 aliphatic rings. The van der Waals surface area contributed by atoms with Gasteiger partial charge in [0.2, 0.25) is 0 Å². The predicted molar refractivity (Wildman–Crippen MR) is 82.3 cm³/mol. The van der Waals surface area contributed by atoms with Crippen LogP contribution in [0.25, 0.3) is 11.1 Å². The zero-order valence-electron chi connectivity index (χ0n) is 11.7. The molecule has 1 heterocycles. The van der Waals surface area contributed by atoms with Crippen LogP contribution >= 0.6 is 11.6 Å². The molecular formula is C15H13ClN2O5. The number of nitrogens with zero attached hydrogens (tertiary/aromatic N) is 1. The minimum Gasteiger partial charge on any atom is -0.505 e. The number of rotatable bonds is 5. The minimum absolute atomic E-state index is 0.270. The summed E-state index contributed by atoms with van der Waals surface area (Å²) in [4.78, 5) is 26.2. The van der Waals surface area contributed by atoms with Crippen LogP contribution in [0.5, 0.6) is 5.75 Å². The maximum absolute atomic E-state index is 11.8. The van der Waals surface area contributed by atoms with E-state index in [1.54, 1.807) is 24.3 Å². The lowest BCUT2D eigenvalue weighted by Crippen LogP contribution is -2.36. The summed E-state index contributed by atoms with van der Waals surface area (Å²) in [5.41, 5.74) is 1.01. The molecule has 1 aromatic heterocycles. The number of aliphatic hydroxyl groups excluding tert-OH is 1. The summed E-state index contributed by atoms with van der Waals surface area (Å²) in [5, 5.41) is 30.3. The summed E-state index contributed by atoms with van der Waals surface area (Å²) >= 11 is 5.89. The third-order valence-electron chi connectivity index (χ3n) is 2.98. The number of aliphatic carboxylic acids is 1. The second kappa shape index (κ2) is 7.08. The zero-order chi connectivity index (χ0) is 17.0. The number of carbonyl (C=O) groups is 2. The third kappa shape index (κ3) is 4.18. The topological polar surface area (TPSA) is 120 Å². The molecule has 2 rings (SSSR count). The summed E-state index contributed by atoms with van der Waals surface area (Å²) in [5.74, 6) is -2.62. The fourth-order valence-corrected chi connectivity index (χ4v) is 2.00. The van der Waals surface area contributed by atoms with Gasteiger partial charge in [-0.2, -0.15) is 0 Å². The number of benzene rings is 1. The monoisotopic (exact) mass is 336 g/mol. The lowest BCUT2D eigenvalue weighted by atomic mass is 10.1. The molecule has 0 saturated carbocycles. The number of aromatic nitrogens is 1. The van der Waals surface area contributed by atoms with E-state index in [0.29, 0.717) is 16.1 Å². The highest BCUT2D eigenvalue weighted by Crippen LogP contribution is 2.26. The van der Waals surface area contributed by atoms with Crippen LogP contribution in [0.1, 0.15) is 10.5 Å². The standard InChI is InChI=1S/C15H13ClN2O5/c16-10-3-1-2-8(4-10)9-5-11(19)13(17-6-9)14(21)18-7-12(20)15(22)23/h1-6,12,19-20H,7H2,(H,18,21)(H,22,23)/t12-/m1/s1. The van der Waals surface area contributed by atoms with Crippen molar-refractivity contribution in [1.82, 2.24) is 10.3 Å². The lowest BCUT2D eigenvalue weighted by Gasteiger charge is -2.09. The molecule has 0 unspecified atom stereocenters. The van der Waals surface area contributed by atoms with Crippen molar-refractivity contribution in [1.29, 1.82) is 0 Å². The molecule has 120 valence electrons. The SMILES string of the molecule is O=C(NC[C@@H](O)C(=O)O)c1ncc(-c2cccc(Cl)c2)cc1O. The molecule has 0 bridgehead atoms. The van der Waals surface area contributed by atoms with Crippen LogP contribution in [0.3, 0.4) is 0 Å². The largest absolute Gasteiger partial charge is 0.505 e. The quantitative estimate of drug-likeness (QED) is 0.653. The highest BCUT2D eigenvalue weighted by atomic mass is 35.5. The summed E-state index contributed by atoms with van der Waals surface area (Å²) < 4.78 is 0. The third-order valence-corrected chi connectivity index (χ3v) is 3.22. The number of pyridine rings is 1. The molecule has 0 aliphatic carbocycles. The Kier molecular flexibility index (Phi) is 5.15. The van der Waals surface area contributed by atoms with E-state index in [9.17, 15) is 14.7 Å². The van der Waals surface area contributed by atoms with E-state index in [-0.39, 0.29) is 11.4 Å². The Labute approximate surface area is 136 Å². The smallest absolute Gasteiger partial charge is 0.334 e. The number of aromatic hydroxyl groups is 1. The number of carboxylic acids is 1. The van der Waals surface area contributed by atoms with Gasteiger partial charge in [-0.25, -0.2) is 9.78 Å². The van der Waals surface area contributed by atoms with Crippen LogP contribution in [0.4, 0.5) is 0 Å². The lowest BCUT2D eigenvalue weighted by molar-refractivity contribution is -0.146. The second-order valence-corrected chi connectivity index (χ2v) is 5.10. The highest BCUT2D eigenvalue weighted by Gasteiger charge is 2.18. The van der Waals surface area contributed by atoms with Gasteiger partial charge >= 0.3 is 5.97 Å². The van der Waals surface area contributed by atoms with Gasteiger partial charge in [-0.1, -0.05) is 23.7 Å². The molecule has 1 aromatic carbocycles. The summed E-state index contributed by atoms with van der Waals surface area (Å²) in [6, 6.07) is 8.24. The molecule has 0 radical (unpaired) electrons. The van der Waals surface area contributed by atoms with E-state index in [1.165, 1.54) is 12.3 Å². The van der Waals surface area contributed by atoms with Crippen molar-refractivity contribution in [2.75, 3.05) is 6.54 Å². The number of nitrogens with one attached hydrogen (secondary N) is 1. The van der Waals surface area contributed by atoms with E-state index in [1.807, 2.05) is 0 Å². The van der Waals surface area contributed by atoms with E-state index in [2.05, 4.69) is 10.3 Å². The van der Waals surface area contributed by atoms with Gasteiger partial charge in [-0.15, -0.1) is 0 Å². The molecule has 2 aromatic rings. The van der Waals surface area contributed by atoms with Crippen LogP contribution in [-0.2, 0) is 4.79 Å². The first-order chi connectivity index (χ1) is 10.9. The maximum atomic E-state index is 11.8. The van der Waals surface area contributed by atoms with Crippen LogP contribution < -0.4 is 5.32 Å². The Balaban J connectivity index is 2.16. The van der Waals surface area contributed by atoms with Gasteiger partial charge < -0.3 is 20.6 Å². The van der Waals surface area contributed by atoms with Gasteiger partial charge in [-0.05, 0) is 23.8 Å². The zero-order valence-corrected chi connectivity index (χ0v) is 12.5. The van der Waals surface area contributed by atoms with Crippen molar-refractivity contribution in [3.05, 3.63) is 47.2 Å². The Bertz CT molecular complexity index is 750. The van der Waals surface area contributed by atoms with Gasteiger partial charge in [0.15, 0.2) is 11.8 Å². The summed E-state index contributed by atoms with van der Waals surface area (Å²) in [7, 11) is 0. The molecule has 4 N–H and O–H groups in total. The summed E-state index contributed by atoms with van der Waals surface area (Å²) in [6.45, 7) is -0.495. The van der Waals surface area contributed by atoms with Crippen molar-refractivity contribution < 1.29 is 24.9 Å². The van der Waals surface area contributed by atoms with Gasteiger partial charge in [0, 0.05) is 16.8 Å². The van der Waals surface area contributed by atoms with E-state index >= 15 is 0 Å². The van der Waals surface area contributed by atoms with Crippen LogP contribution in [0, 0.1) is 0 Å². The molecule has 7 nitrogen and oxygen atoms in total. The first-order valence-corrected chi connectivity index (χ1v) is 6.90. The number of amides is 1. The number of carboxylic acid groups (broad SMARTS) is 1. The van der Waals surface area contributed by atoms with Gasteiger partial charge in [0.05, 0.1) is 6.54 Å². The molecule has 0 saturated heterocycles. The van der Waals surface area contributed by atoms with Crippen molar-refractivity contribution in [2.24, 2.45) is 0 Å². The van der Waals surface area contributed by atoms with E-state index in [4.69, 9.17) is 21.8 Å². The molecule has 1 amide bonds. The van der Waals surface area contributed by atoms with Crippen molar-refractivity contribution in [3.8, 4) is 16.9 Å². The first kappa shape index (κ1) is 16.7. The van der Waals surface area contributed by atoms with Crippen molar-refractivity contribution in [2.45, 2.75) is 6.10 Å². The number of hydrogen-bond acceptors (Lipinski definition) is 5. The van der Waals surface area contributed by atoms with Crippen molar-refractivity contribution >= 4 is 23.5 Å². The molecule has 0 fully saturated rings. The predicted octanol–water partition coefficient (Wildman–Crippen LogP) is 1.28. The number of carbonyl (C=O) groups excluding carboxylic acids is 1. The molecular weight excluding hydrogens is 324 g/mol. The van der Waals surface area contributed by atoms with Crippen LogP contribution in [0.15, 0.2) is 36.5 Å². The fourth-order valence-electron chi connectivity index (χ4n) is 1.81. The second-order valence-electron chi connectivity index (χ2n) is 4.67. The van der Waals surface area contributed by atoms with E-state index in [0.717, 1.165) is 0 Å². The van der Waals surface area contributed by atoms with Gasteiger partial charge in [0.25, 0.3) is 5.91 Å². The Morgan fingerprint density at radius 2 is 2.00 bits per heavy atom. The molecule has 0 aliphatic heterocycles. The van der Waals surface area contributed by atoms with Crippen LogP contribution in [0.2, 0.25) is 5.02 Å². The molecule has 1 atom stereocenters. The number of halogens is 1. The highest BCUT2D eigenvalue weighted by molar-refractivity contribution is 6.30. The first-order valence-electron chi connectivity index (χ1n) is 6.52. The Hall–Kier alpha value is -2.64. The van der Waals surface area contributed by atoms with E-state index < -0.39 is 24.5 Å². The number of aliphatic hydroxyl groups is 1. The average Bonchev–Trinajstić information content (AvgIpc) is 2.52. The molecule has 23 heavy (non-hydrogen) atoms. The van der Waals surface area contributed by atoms with Crippen LogP contribution in [-0.4, -0.2) is 44.8 Å². The van der Waals surface area contributed by atoms with Crippen molar-refractivity contribution in [3.63, 3.8) is 0 Å². The average molecular weight is 337 g/mol. The Morgan fingerprint density at radius 1 is 1.26 bits per heavy atom. The Morgan fingerprint density at radius 3 is 2.61 bits per heavy atom. The van der Waals surface area contributed by atoms with Gasteiger partial charge in [0.1, 0.15) is 5.75 Å². The molecule has 8 heteroatoms. The fraction of sp³-hybridized carbons (Fsp3) is 0.133. The number of hydrogen-bond donors (Lipinski definition) is 4. The minimum atomic E-state index is -1.73. The maximum Gasteiger partial charge on any atom is 0.334 e. The molecule has 0 spiro atoms. The summed E-state index contributed by atoms with van der Waals surface area (Å²) in [6.07, 6.45) is -0.347. The van der Waals surface area contributed by atoms with Gasteiger partial charge in [-0.3, -0.25) is 4.79 Å².